The first-order valence-corrected chi connectivity index (χ1v) is 10.4. The topological polar surface area (TPSA) is 57.7 Å². The van der Waals surface area contributed by atoms with Gasteiger partial charge in [-0.05, 0) is 30.7 Å². The van der Waals surface area contributed by atoms with Gasteiger partial charge in [0.2, 0.25) is 10.0 Å². The molecule has 0 spiro atoms. The number of carbonyl (C=O) groups excluding carboxylic acids is 1. The molecule has 0 aliphatic carbocycles. The standard InChI is InChI=1S/C19H21ClN2O3S/c1-15-4-2-5-16(12-15)14-26(24,25)22-10-8-21(9-11-22)19(23)17-6-3-7-18(20)13-17/h2-7,12-13H,8-11,14H2,1H3. The first kappa shape index (κ1) is 18.9. The Balaban J connectivity index is 1.63. The lowest BCUT2D eigenvalue weighted by molar-refractivity contribution is 0.0698. The highest BCUT2D eigenvalue weighted by atomic mass is 35.5. The third kappa shape index (κ3) is 4.44. The van der Waals surface area contributed by atoms with Gasteiger partial charge in [-0.1, -0.05) is 47.5 Å². The van der Waals surface area contributed by atoms with Crippen LogP contribution in [0.2, 0.25) is 5.02 Å². The number of piperazine rings is 1. The maximum absolute atomic E-state index is 12.7. The zero-order valence-corrected chi connectivity index (χ0v) is 16.1. The molecule has 0 radical (unpaired) electrons. The van der Waals surface area contributed by atoms with Crippen LogP contribution < -0.4 is 0 Å². The van der Waals surface area contributed by atoms with Crippen molar-refractivity contribution in [2.45, 2.75) is 12.7 Å². The smallest absolute Gasteiger partial charge is 0.253 e. The number of carbonyl (C=O) groups is 1. The van der Waals surface area contributed by atoms with Gasteiger partial charge >= 0.3 is 0 Å². The number of nitrogens with zero attached hydrogens (tertiary/aromatic N) is 2. The fourth-order valence-electron chi connectivity index (χ4n) is 3.08. The quantitative estimate of drug-likeness (QED) is 0.803. The second kappa shape index (κ2) is 7.78. The minimum atomic E-state index is -3.40. The molecule has 0 bridgehead atoms. The summed E-state index contributed by atoms with van der Waals surface area (Å²) in [6, 6.07) is 14.3. The van der Waals surface area contributed by atoms with Crippen LogP contribution in [-0.2, 0) is 15.8 Å². The van der Waals surface area contributed by atoms with Gasteiger partial charge in [-0.25, -0.2) is 8.42 Å². The van der Waals surface area contributed by atoms with E-state index in [2.05, 4.69) is 0 Å². The van der Waals surface area contributed by atoms with E-state index in [4.69, 9.17) is 11.6 Å². The molecule has 5 nitrogen and oxygen atoms in total. The van der Waals surface area contributed by atoms with E-state index in [0.29, 0.717) is 36.8 Å². The van der Waals surface area contributed by atoms with Crippen molar-refractivity contribution < 1.29 is 13.2 Å². The average molecular weight is 393 g/mol. The second-order valence-corrected chi connectivity index (χ2v) is 8.85. The minimum Gasteiger partial charge on any atom is -0.336 e. The van der Waals surface area contributed by atoms with Gasteiger partial charge < -0.3 is 4.90 Å². The molecule has 1 heterocycles. The van der Waals surface area contributed by atoms with E-state index in [1.165, 1.54) is 4.31 Å². The predicted molar refractivity (Wildman–Crippen MR) is 103 cm³/mol. The summed E-state index contributed by atoms with van der Waals surface area (Å²) in [5, 5.41) is 0.509. The van der Waals surface area contributed by atoms with Gasteiger partial charge in [-0.3, -0.25) is 4.79 Å². The maximum Gasteiger partial charge on any atom is 0.253 e. The van der Waals surface area contributed by atoms with Crippen molar-refractivity contribution >= 4 is 27.5 Å². The molecule has 138 valence electrons. The summed E-state index contributed by atoms with van der Waals surface area (Å²) >= 11 is 5.94. The number of amides is 1. The number of hydrogen-bond donors (Lipinski definition) is 0. The monoisotopic (exact) mass is 392 g/mol. The Kier molecular flexibility index (Phi) is 5.65. The molecule has 1 aliphatic rings. The van der Waals surface area contributed by atoms with Crippen molar-refractivity contribution in [2.75, 3.05) is 26.2 Å². The lowest BCUT2D eigenvalue weighted by atomic mass is 10.2. The van der Waals surface area contributed by atoms with Crippen molar-refractivity contribution in [3.8, 4) is 0 Å². The van der Waals surface area contributed by atoms with Crippen molar-refractivity contribution in [1.29, 1.82) is 0 Å². The van der Waals surface area contributed by atoms with Crippen LogP contribution in [0.15, 0.2) is 48.5 Å². The molecule has 1 amide bonds. The van der Waals surface area contributed by atoms with E-state index in [0.717, 1.165) is 11.1 Å². The summed E-state index contributed by atoms with van der Waals surface area (Å²) in [7, 11) is -3.40. The molecule has 7 heteroatoms. The van der Waals surface area contributed by atoms with Gasteiger partial charge in [0.1, 0.15) is 0 Å². The fraction of sp³-hybridized carbons (Fsp3) is 0.316. The summed E-state index contributed by atoms with van der Waals surface area (Å²) in [4.78, 5) is 14.2. The fourth-order valence-corrected chi connectivity index (χ4v) is 4.77. The minimum absolute atomic E-state index is 0.0169. The van der Waals surface area contributed by atoms with E-state index >= 15 is 0 Å². The van der Waals surface area contributed by atoms with Crippen LogP contribution in [0.3, 0.4) is 0 Å². The third-order valence-corrected chi connectivity index (χ3v) is 6.51. The Morgan fingerprint density at radius 2 is 1.73 bits per heavy atom. The Bertz CT molecular complexity index is 907. The van der Waals surface area contributed by atoms with E-state index < -0.39 is 10.0 Å². The van der Waals surface area contributed by atoms with Crippen LogP contribution in [0.4, 0.5) is 0 Å². The Morgan fingerprint density at radius 1 is 1.04 bits per heavy atom. The van der Waals surface area contributed by atoms with Gasteiger partial charge in [0.15, 0.2) is 0 Å². The molecule has 0 aromatic heterocycles. The van der Waals surface area contributed by atoms with Crippen molar-refractivity contribution in [3.63, 3.8) is 0 Å². The first-order valence-electron chi connectivity index (χ1n) is 8.43. The van der Waals surface area contributed by atoms with Gasteiger partial charge in [0.05, 0.1) is 5.75 Å². The molecule has 1 saturated heterocycles. The number of rotatable bonds is 4. The molecular formula is C19H21ClN2O3S. The number of aryl methyl sites for hydroxylation is 1. The van der Waals surface area contributed by atoms with E-state index in [9.17, 15) is 13.2 Å². The summed E-state index contributed by atoms with van der Waals surface area (Å²) in [5.74, 6) is -0.139. The van der Waals surface area contributed by atoms with E-state index in [1.54, 1.807) is 29.2 Å². The van der Waals surface area contributed by atoms with Crippen LogP contribution in [0.5, 0.6) is 0 Å². The molecule has 1 aliphatic heterocycles. The normalized spacial score (nSPS) is 15.8. The Morgan fingerprint density at radius 3 is 2.38 bits per heavy atom. The molecular weight excluding hydrogens is 372 g/mol. The lowest BCUT2D eigenvalue weighted by Crippen LogP contribution is -2.50. The highest BCUT2D eigenvalue weighted by Gasteiger charge is 2.29. The van der Waals surface area contributed by atoms with E-state index in [-0.39, 0.29) is 11.7 Å². The van der Waals surface area contributed by atoms with Crippen LogP contribution in [-0.4, -0.2) is 49.7 Å². The Hall–Kier alpha value is -1.89. The largest absolute Gasteiger partial charge is 0.336 e. The molecule has 0 N–H and O–H groups in total. The molecule has 0 atom stereocenters. The van der Waals surface area contributed by atoms with Gasteiger partial charge in [0, 0.05) is 36.8 Å². The molecule has 2 aromatic carbocycles. The molecule has 1 fully saturated rings. The molecule has 2 aromatic rings. The maximum atomic E-state index is 12.7. The van der Waals surface area contributed by atoms with Crippen molar-refractivity contribution in [1.82, 2.24) is 9.21 Å². The van der Waals surface area contributed by atoms with Gasteiger partial charge in [-0.2, -0.15) is 4.31 Å². The number of hydrogen-bond acceptors (Lipinski definition) is 3. The zero-order valence-electron chi connectivity index (χ0n) is 14.6. The number of benzene rings is 2. The van der Waals surface area contributed by atoms with Crippen LogP contribution >= 0.6 is 11.6 Å². The Labute approximate surface area is 159 Å². The van der Waals surface area contributed by atoms with Gasteiger partial charge in [0.25, 0.3) is 5.91 Å². The second-order valence-electron chi connectivity index (χ2n) is 6.45. The number of sulfonamides is 1. The van der Waals surface area contributed by atoms with Crippen LogP contribution in [0.1, 0.15) is 21.5 Å². The predicted octanol–water partition coefficient (Wildman–Crippen LogP) is 2.94. The SMILES string of the molecule is Cc1cccc(CS(=O)(=O)N2CCN(C(=O)c3cccc(Cl)c3)CC2)c1. The summed E-state index contributed by atoms with van der Waals surface area (Å²) in [5.41, 5.74) is 2.34. The number of halogens is 1. The van der Waals surface area contributed by atoms with Crippen LogP contribution in [0, 0.1) is 6.92 Å². The highest BCUT2D eigenvalue weighted by molar-refractivity contribution is 7.88. The summed E-state index contributed by atoms with van der Waals surface area (Å²) < 4.78 is 26.8. The van der Waals surface area contributed by atoms with Crippen molar-refractivity contribution in [3.05, 3.63) is 70.2 Å². The van der Waals surface area contributed by atoms with Crippen molar-refractivity contribution in [2.24, 2.45) is 0 Å². The zero-order chi connectivity index (χ0) is 18.7. The first-order chi connectivity index (χ1) is 12.3. The molecule has 3 rings (SSSR count). The highest BCUT2D eigenvalue weighted by Crippen LogP contribution is 2.17. The average Bonchev–Trinajstić information content (AvgIpc) is 2.61. The van der Waals surface area contributed by atoms with E-state index in [1.807, 2.05) is 31.2 Å². The molecule has 0 unspecified atom stereocenters. The van der Waals surface area contributed by atoms with Gasteiger partial charge in [-0.15, -0.1) is 0 Å². The third-order valence-electron chi connectivity index (χ3n) is 4.42. The summed E-state index contributed by atoms with van der Waals surface area (Å²) in [6.07, 6.45) is 0. The molecule has 26 heavy (non-hydrogen) atoms. The molecule has 0 saturated carbocycles. The summed E-state index contributed by atoms with van der Waals surface area (Å²) in [6.45, 7) is 3.30. The lowest BCUT2D eigenvalue weighted by Gasteiger charge is -2.34. The van der Waals surface area contributed by atoms with Crippen LogP contribution in [0.25, 0.3) is 0 Å².